The summed E-state index contributed by atoms with van der Waals surface area (Å²) in [5, 5.41) is -0.129. The molecule has 1 heterocycles. The van der Waals surface area contributed by atoms with Gasteiger partial charge in [0.25, 0.3) is 5.56 Å². The van der Waals surface area contributed by atoms with Crippen LogP contribution in [-0.2, 0) is 10.0 Å². The first-order valence-corrected chi connectivity index (χ1v) is 8.08. The molecule has 1 fully saturated rings. The largest absolute Gasteiger partial charge is 0.326 e. The van der Waals surface area contributed by atoms with Gasteiger partial charge in [0.2, 0.25) is 10.0 Å². The number of hydrogen-bond acceptors (Lipinski definition) is 3. The normalized spacial score (nSPS) is 27.6. The number of nitrogens with one attached hydrogen (secondary N) is 2. The summed E-state index contributed by atoms with van der Waals surface area (Å²) in [6.07, 6.45) is 3.01. The van der Waals surface area contributed by atoms with E-state index in [-0.39, 0.29) is 16.0 Å². The molecule has 0 spiro atoms. The van der Waals surface area contributed by atoms with Gasteiger partial charge in [-0.25, -0.2) is 13.1 Å². The fourth-order valence-corrected chi connectivity index (χ4v) is 3.98. The number of aromatic amines is 1. The van der Waals surface area contributed by atoms with Crippen LogP contribution in [0.5, 0.6) is 0 Å². The molecule has 3 unspecified atom stereocenters. The van der Waals surface area contributed by atoms with Crippen molar-refractivity contribution in [2.45, 2.75) is 37.6 Å². The van der Waals surface area contributed by atoms with Crippen LogP contribution in [0.15, 0.2) is 22.0 Å². The molecule has 2 N–H and O–H groups in total. The summed E-state index contributed by atoms with van der Waals surface area (Å²) in [6.45, 7) is 4.17. The summed E-state index contributed by atoms with van der Waals surface area (Å²) < 4.78 is 27.1. The second-order valence-electron chi connectivity index (χ2n) is 5.15. The number of H-pyrrole nitrogens is 1. The topological polar surface area (TPSA) is 79.0 Å². The van der Waals surface area contributed by atoms with E-state index >= 15 is 0 Å². The maximum atomic E-state index is 12.2. The van der Waals surface area contributed by atoms with Crippen molar-refractivity contribution < 1.29 is 8.42 Å². The maximum Gasteiger partial charge on any atom is 0.266 e. The smallest absolute Gasteiger partial charge is 0.266 e. The minimum absolute atomic E-state index is 0.0103. The molecule has 1 saturated carbocycles. The zero-order valence-corrected chi connectivity index (χ0v) is 12.4. The third kappa shape index (κ3) is 3.01. The van der Waals surface area contributed by atoms with Crippen molar-refractivity contribution in [2.24, 2.45) is 11.8 Å². The van der Waals surface area contributed by atoms with Crippen LogP contribution in [0.25, 0.3) is 0 Å². The lowest BCUT2D eigenvalue weighted by atomic mass is 9.98. The second-order valence-corrected chi connectivity index (χ2v) is 7.28. The average Bonchev–Trinajstić information content (AvgIpc) is 2.64. The molecular formula is C12H17ClN2O3S. The lowest BCUT2D eigenvalue weighted by Gasteiger charge is -2.19. The molecule has 0 saturated heterocycles. The molecule has 106 valence electrons. The molecule has 5 nitrogen and oxygen atoms in total. The van der Waals surface area contributed by atoms with Gasteiger partial charge in [0.15, 0.2) is 0 Å². The Labute approximate surface area is 117 Å². The van der Waals surface area contributed by atoms with Crippen molar-refractivity contribution in [3.05, 3.63) is 27.6 Å². The second kappa shape index (κ2) is 5.26. The van der Waals surface area contributed by atoms with Gasteiger partial charge in [-0.2, -0.15) is 0 Å². The van der Waals surface area contributed by atoms with Gasteiger partial charge in [-0.15, -0.1) is 0 Å². The van der Waals surface area contributed by atoms with E-state index in [9.17, 15) is 13.2 Å². The van der Waals surface area contributed by atoms with Crippen molar-refractivity contribution in [1.29, 1.82) is 0 Å². The lowest BCUT2D eigenvalue weighted by molar-refractivity contribution is 0.402. The molecule has 0 amide bonds. The van der Waals surface area contributed by atoms with E-state index in [2.05, 4.69) is 16.6 Å². The van der Waals surface area contributed by atoms with Crippen molar-refractivity contribution in [3.63, 3.8) is 0 Å². The van der Waals surface area contributed by atoms with Crippen LogP contribution in [0.3, 0.4) is 0 Å². The van der Waals surface area contributed by atoms with Gasteiger partial charge in [-0.3, -0.25) is 4.79 Å². The van der Waals surface area contributed by atoms with Crippen LogP contribution in [0.4, 0.5) is 0 Å². The molecule has 0 radical (unpaired) electrons. The molecular weight excluding hydrogens is 288 g/mol. The Bertz CT molecular complexity index is 626. The lowest BCUT2D eigenvalue weighted by Crippen LogP contribution is -2.37. The van der Waals surface area contributed by atoms with Gasteiger partial charge in [-0.1, -0.05) is 25.4 Å². The Balaban J connectivity index is 2.23. The molecule has 1 aliphatic carbocycles. The number of rotatable bonds is 3. The molecule has 3 atom stereocenters. The van der Waals surface area contributed by atoms with Gasteiger partial charge in [0, 0.05) is 12.2 Å². The van der Waals surface area contributed by atoms with Crippen LogP contribution in [-0.4, -0.2) is 19.4 Å². The van der Waals surface area contributed by atoms with Crippen molar-refractivity contribution >= 4 is 21.6 Å². The minimum atomic E-state index is -3.64. The van der Waals surface area contributed by atoms with Crippen LogP contribution in [0, 0.1) is 11.8 Å². The summed E-state index contributed by atoms with van der Waals surface area (Å²) in [5.41, 5.74) is -0.497. The van der Waals surface area contributed by atoms with Gasteiger partial charge in [0.05, 0.1) is 4.90 Å². The van der Waals surface area contributed by atoms with Crippen molar-refractivity contribution in [2.75, 3.05) is 0 Å². The van der Waals surface area contributed by atoms with E-state index in [0.29, 0.717) is 11.8 Å². The molecule has 1 aromatic rings. The van der Waals surface area contributed by atoms with Gasteiger partial charge >= 0.3 is 0 Å². The van der Waals surface area contributed by atoms with E-state index in [1.54, 1.807) is 0 Å². The van der Waals surface area contributed by atoms with Crippen LogP contribution in [0.1, 0.15) is 26.7 Å². The van der Waals surface area contributed by atoms with Crippen LogP contribution in [0.2, 0.25) is 5.02 Å². The predicted molar refractivity (Wildman–Crippen MR) is 73.7 cm³/mol. The van der Waals surface area contributed by atoms with E-state index < -0.39 is 15.6 Å². The highest BCUT2D eigenvalue weighted by atomic mass is 35.5. The molecule has 19 heavy (non-hydrogen) atoms. The van der Waals surface area contributed by atoms with Gasteiger partial charge in [-0.05, 0) is 30.7 Å². The van der Waals surface area contributed by atoms with E-state index in [1.165, 1.54) is 12.3 Å². The number of halogens is 1. The standard InChI is InChI=1S/C12H17ClN2O3S/c1-7-3-4-11(8(7)2)15-19(17,18)9-5-10(13)12(16)14-6-9/h5-8,11,15H,3-4H2,1-2H3,(H,14,16). The van der Waals surface area contributed by atoms with Crippen molar-refractivity contribution in [3.8, 4) is 0 Å². The fourth-order valence-electron chi connectivity index (χ4n) is 2.39. The Morgan fingerprint density at radius 1 is 1.37 bits per heavy atom. The fraction of sp³-hybridized carbons (Fsp3) is 0.583. The molecule has 0 bridgehead atoms. The number of pyridine rings is 1. The average molecular weight is 305 g/mol. The monoisotopic (exact) mass is 304 g/mol. The third-order valence-corrected chi connectivity index (χ3v) is 5.66. The Morgan fingerprint density at radius 3 is 2.58 bits per heavy atom. The summed E-state index contributed by atoms with van der Waals surface area (Å²) >= 11 is 5.65. The van der Waals surface area contributed by atoms with E-state index in [4.69, 9.17) is 11.6 Å². The summed E-state index contributed by atoms with van der Waals surface area (Å²) in [4.78, 5) is 13.4. The molecule has 0 aliphatic heterocycles. The quantitative estimate of drug-likeness (QED) is 0.893. The first-order valence-electron chi connectivity index (χ1n) is 6.22. The van der Waals surface area contributed by atoms with Crippen LogP contribution >= 0.6 is 11.6 Å². The van der Waals surface area contributed by atoms with E-state index in [0.717, 1.165) is 12.8 Å². The highest BCUT2D eigenvalue weighted by Crippen LogP contribution is 2.32. The summed E-state index contributed by atoms with van der Waals surface area (Å²) in [6, 6.07) is 1.11. The number of hydrogen-bond donors (Lipinski definition) is 2. The highest BCUT2D eigenvalue weighted by molar-refractivity contribution is 7.89. The Kier molecular flexibility index (Phi) is 4.03. The maximum absolute atomic E-state index is 12.2. The molecule has 0 aromatic carbocycles. The SMILES string of the molecule is CC1CCC(NS(=O)(=O)c2c[nH]c(=O)c(Cl)c2)C1C. The number of aromatic nitrogens is 1. The number of sulfonamides is 1. The zero-order valence-electron chi connectivity index (χ0n) is 10.8. The van der Waals surface area contributed by atoms with Gasteiger partial charge in [0.1, 0.15) is 5.02 Å². The van der Waals surface area contributed by atoms with Crippen LogP contribution < -0.4 is 10.3 Å². The summed E-state index contributed by atoms with van der Waals surface area (Å²) in [5.74, 6) is 0.805. The molecule has 1 aromatic heterocycles. The van der Waals surface area contributed by atoms with Gasteiger partial charge < -0.3 is 4.98 Å². The Morgan fingerprint density at radius 2 is 2.05 bits per heavy atom. The van der Waals surface area contributed by atoms with Crippen molar-refractivity contribution in [1.82, 2.24) is 9.71 Å². The predicted octanol–water partition coefficient (Wildman–Crippen LogP) is 1.74. The summed E-state index contributed by atoms with van der Waals surface area (Å²) in [7, 11) is -3.64. The highest BCUT2D eigenvalue weighted by Gasteiger charge is 2.33. The first kappa shape index (κ1) is 14.6. The third-order valence-electron chi connectivity index (χ3n) is 3.91. The Hall–Kier alpha value is -0.850. The zero-order chi connectivity index (χ0) is 14.2. The minimum Gasteiger partial charge on any atom is -0.326 e. The first-order chi connectivity index (χ1) is 8.81. The molecule has 1 aliphatic rings. The molecule has 7 heteroatoms. The van der Waals surface area contributed by atoms with E-state index in [1.807, 2.05) is 6.92 Å². The molecule has 2 rings (SSSR count).